The zero-order valence-electron chi connectivity index (χ0n) is 15.1. The fourth-order valence-electron chi connectivity index (χ4n) is 2.87. The average molecular weight is 391 g/mol. The molecule has 1 aromatic heterocycles. The number of ether oxygens (including phenoxy) is 1. The van der Waals surface area contributed by atoms with Crippen molar-refractivity contribution in [2.75, 3.05) is 12.4 Å². The summed E-state index contributed by atoms with van der Waals surface area (Å²) in [7, 11) is 1.37. The molecule has 4 aromatic rings. The van der Waals surface area contributed by atoms with Crippen LogP contribution in [-0.2, 0) is 4.74 Å². The third-order valence-electron chi connectivity index (χ3n) is 4.18. The van der Waals surface area contributed by atoms with Crippen LogP contribution in [0, 0.1) is 0 Å². The van der Waals surface area contributed by atoms with Gasteiger partial charge in [-0.15, -0.1) is 0 Å². The molecule has 0 bridgehead atoms. The number of methoxy groups -OCH3 is 1. The monoisotopic (exact) mass is 390 g/mol. The summed E-state index contributed by atoms with van der Waals surface area (Å²) in [6.07, 6.45) is 0. The van der Waals surface area contributed by atoms with E-state index in [9.17, 15) is 4.79 Å². The third-order valence-corrected chi connectivity index (χ3v) is 4.18. The van der Waals surface area contributed by atoms with Gasteiger partial charge in [0.1, 0.15) is 5.82 Å². The van der Waals surface area contributed by atoms with Crippen LogP contribution >= 0.6 is 0 Å². The van der Waals surface area contributed by atoms with Gasteiger partial charge >= 0.3 is 5.97 Å². The summed E-state index contributed by atoms with van der Waals surface area (Å²) in [4.78, 5) is 21.2. The van der Waals surface area contributed by atoms with Gasteiger partial charge in [-0.05, 0) is 30.3 Å². The lowest BCUT2D eigenvalue weighted by molar-refractivity contribution is -0.0000199. The van der Waals surface area contributed by atoms with E-state index in [1.807, 2.05) is 60.7 Å². The Labute approximate surface area is 168 Å². The van der Waals surface area contributed by atoms with Crippen molar-refractivity contribution < 1.29 is 21.9 Å². The molecule has 4 rings (SSSR count). The van der Waals surface area contributed by atoms with Gasteiger partial charge in [0, 0.05) is 16.6 Å². The number of nitrogens with one attached hydrogen (secondary N) is 1. The van der Waals surface area contributed by atoms with Crippen molar-refractivity contribution in [1.29, 1.82) is 0 Å². The van der Waals surface area contributed by atoms with E-state index in [2.05, 4.69) is 10.3 Å². The summed E-state index contributed by atoms with van der Waals surface area (Å²) >= 11 is 0. The molecule has 0 spiro atoms. The molecule has 140 valence electrons. The van der Waals surface area contributed by atoms with Crippen LogP contribution in [0.2, 0.25) is 0 Å². The van der Waals surface area contributed by atoms with E-state index in [1.165, 1.54) is 7.11 Å². The fourth-order valence-corrected chi connectivity index (χ4v) is 2.87. The summed E-state index contributed by atoms with van der Waals surface area (Å²) in [5.74, 6) is 0.943. The second kappa shape index (κ2) is 8.50. The van der Waals surface area contributed by atoms with E-state index in [0.29, 0.717) is 17.2 Å². The van der Waals surface area contributed by atoms with Crippen LogP contribution in [-0.4, -0.2) is 23.0 Å². The molecule has 0 aliphatic rings. The Balaban J connectivity index is 0.00000225. The van der Waals surface area contributed by atoms with Crippen LogP contribution in [0.1, 0.15) is 10.4 Å². The number of para-hydroxylation sites is 1. The molecule has 0 radical (unpaired) electrons. The molecule has 0 fully saturated rings. The number of rotatable bonds is 4. The summed E-state index contributed by atoms with van der Waals surface area (Å²) < 4.78 is 4.80. The van der Waals surface area contributed by atoms with Crippen LogP contribution in [0.5, 0.6) is 0 Å². The number of aromatic nitrogens is 2. The molecule has 0 aliphatic heterocycles. The van der Waals surface area contributed by atoms with Crippen LogP contribution in [0.3, 0.4) is 0 Å². The molecule has 0 saturated carbocycles. The second-order valence-corrected chi connectivity index (χ2v) is 5.98. The summed E-state index contributed by atoms with van der Waals surface area (Å²) in [6.45, 7) is 0. The first-order valence-corrected chi connectivity index (χ1v) is 8.52. The Morgan fingerprint density at radius 2 is 1.64 bits per heavy atom. The Kier molecular flexibility index (Phi) is 5.87. The smallest absolute Gasteiger partial charge is 0.337 e. The Hall–Kier alpha value is -3.44. The van der Waals surface area contributed by atoms with Gasteiger partial charge in [-0.2, -0.15) is 0 Å². The van der Waals surface area contributed by atoms with Crippen LogP contribution in [0.25, 0.3) is 22.3 Å². The molecule has 0 amide bonds. The topological polar surface area (TPSA) is 64.1 Å². The summed E-state index contributed by atoms with van der Waals surface area (Å²) in [5, 5.41) is 4.22. The molecule has 5 nitrogen and oxygen atoms in total. The Bertz CT molecular complexity index is 1120. The maximum atomic E-state index is 11.8. The highest BCUT2D eigenvalue weighted by molar-refractivity contribution is 5.94. The van der Waals surface area contributed by atoms with Crippen molar-refractivity contribution in [3.63, 3.8) is 0 Å². The predicted molar refractivity (Wildman–Crippen MR) is 106 cm³/mol. The van der Waals surface area contributed by atoms with E-state index in [-0.39, 0.29) is 18.4 Å². The number of halogens is 1. The molecule has 0 atom stereocenters. The van der Waals surface area contributed by atoms with E-state index >= 15 is 0 Å². The normalized spacial score (nSPS) is 10.2. The number of benzene rings is 3. The fraction of sp³-hybridized carbons (Fsp3) is 0.0455. The van der Waals surface area contributed by atoms with E-state index in [4.69, 9.17) is 9.72 Å². The highest BCUT2D eigenvalue weighted by atomic mass is 35.5. The first-order chi connectivity index (χ1) is 13.2. The molecule has 6 heteroatoms. The molecule has 1 N–H and O–H groups in total. The largest absolute Gasteiger partial charge is 1.00 e. The van der Waals surface area contributed by atoms with Crippen LogP contribution < -0.4 is 17.7 Å². The van der Waals surface area contributed by atoms with E-state index < -0.39 is 0 Å². The highest BCUT2D eigenvalue weighted by Gasteiger charge is 2.11. The number of fused-ring (bicyclic) bond motifs is 1. The standard InChI is InChI=1S/C22H17N3O2.ClH/c1-27-22(26)16-10-7-11-17(14-16)23-21-18-12-5-6-13-19(18)24-20(25-21)15-8-3-2-4-9-15;/h2-14H,1H3,(H,23,24,25);1H/p-1. The number of esters is 1. The lowest BCUT2D eigenvalue weighted by Crippen LogP contribution is -3.00. The van der Waals surface area contributed by atoms with Gasteiger partial charge in [0.05, 0.1) is 18.2 Å². The number of hydrogen-bond acceptors (Lipinski definition) is 5. The highest BCUT2D eigenvalue weighted by Crippen LogP contribution is 2.27. The van der Waals surface area contributed by atoms with Crippen molar-refractivity contribution >= 4 is 28.4 Å². The van der Waals surface area contributed by atoms with Gasteiger partial charge in [0.25, 0.3) is 0 Å². The number of hydrogen-bond donors (Lipinski definition) is 1. The van der Waals surface area contributed by atoms with Crippen molar-refractivity contribution in [3.05, 3.63) is 84.4 Å². The molecule has 0 aliphatic carbocycles. The van der Waals surface area contributed by atoms with Crippen LogP contribution in [0.4, 0.5) is 11.5 Å². The van der Waals surface area contributed by atoms with Crippen LogP contribution in [0.15, 0.2) is 78.9 Å². The molecule has 3 aromatic carbocycles. The van der Waals surface area contributed by atoms with Gasteiger partial charge in [-0.3, -0.25) is 0 Å². The number of nitrogens with zero attached hydrogens (tertiary/aromatic N) is 2. The maximum absolute atomic E-state index is 11.8. The van der Waals surface area contributed by atoms with Crippen molar-refractivity contribution in [2.45, 2.75) is 0 Å². The minimum Gasteiger partial charge on any atom is -1.00 e. The second-order valence-electron chi connectivity index (χ2n) is 5.98. The zero-order chi connectivity index (χ0) is 18.6. The lowest BCUT2D eigenvalue weighted by Gasteiger charge is -2.12. The SMILES string of the molecule is COC(=O)c1cccc(Nc2nc(-c3ccccc3)nc3ccccc23)c1.[Cl-]. The van der Waals surface area contributed by atoms with Gasteiger partial charge < -0.3 is 22.5 Å². The molecule has 1 heterocycles. The van der Waals surface area contributed by atoms with Crippen molar-refractivity contribution in [1.82, 2.24) is 9.97 Å². The average Bonchev–Trinajstić information content (AvgIpc) is 2.74. The minimum absolute atomic E-state index is 0. The van der Waals surface area contributed by atoms with Crippen molar-refractivity contribution in [3.8, 4) is 11.4 Å². The van der Waals surface area contributed by atoms with Gasteiger partial charge in [-0.25, -0.2) is 14.8 Å². The van der Waals surface area contributed by atoms with Gasteiger partial charge in [0.2, 0.25) is 0 Å². The molecule has 0 unspecified atom stereocenters. The Morgan fingerprint density at radius 3 is 2.43 bits per heavy atom. The number of carbonyl (C=O) groups is 1. The zero-order valence-corrected chi connectivity index (χ0v) is 15.9. The first kappa shape index (κ1) is 19.3. The molecular weight excluding hydrogens is 374 g/mol. The molecular formula is C22H17ClN3O2-. The van der Waals surface area contributed by atoms with Gasteiger partial charge in [0.15, 0.2) is 5.82 Å². The summed E-state index contributed by atoms with van der Waals surface area (Å²) in [5.41, 5.74) is 3.01. The van der Waals surface area contributed by atoms with Crippen molar-refractivity contribution in [2.24, 2.45) is 0 Å². The maximum Gasteiger partial charge on any atom is 0.337 e. The molecule has 0 saturated heterocycles. The number of carbonyl (C=O) groups excluding carboxylic acids is 1. The molecule has 28 heavy (non-hydrogen) atoms. The lowest BCUT2D eigenvalue weighted by atomic mass is 10.1. The predicted octanol–water partition coefficient (Wildman–Crippen LogP) is 1.83. The van der Waals surface area contributed by atoms with E-state index in [1.54, 1.807) is 18.2 Å². The quantitative estimate of drug-likeness (QED) is 0.539. The Morgan fingerprint density at radius 1 is 0.893 bits per heavy atom. The minimum atomic E-state index is -0.379. The third kappa shape index (κ3) is 3.94. The van der Waals surface area contributed by atoms with Gasteiger partial charge in [-0.1, -0.05) is 48.5 Å². The number of anilines is 2. The summed E-state index contributed by atoms with van der Waals surface area (Å²) in [6, 6.07) is 24.8. The van der Waals surface area contributed by atoms with E-state index in [0.717, 1.165) is 22.2 Å². The first-order valence-electron chi connectivity index (χ1n) is 8.52.